The molecule has 0 saturated carbocycles. The zero-order valence-corrected chi connectivity index (χ0v) is 17.6. The summed E-state index contributed by atoms with van der Waals surface area (Å²) in [5, 5.41) is 0. The lowest BCUT2D eigenvalue weighted by molar-refractivity contribution is 1.20. The third-order valence-corrected chi connectivity index (χ3v) is 5.72. The normalized spacial score (nSPS) is 13.0. The molecule has 0 aromatic carbocycles. The number of nitrogens with zero attached hydrogens (tertiary/aromatic N) is 3. The molecule has 8 bridgehead atoms. The van der Waals surface area contributed by atoms with E-state index in [0.717, 1.165) is 62.5 Å². The van der Waals surface area contributed by atoms with Gasteiger partial charge in [0.1, 0.15) is 0 Å². The fourth-order valence-corrected chi connectivity index (χ4v) is 4.28. The van der Waals surface area contributed by atoms with Crippen molar-refractivity contribution in [1.82, 2.24) is 24.9 Å². The van der Waals surface area contributed by atoms with Gasteiger partial charge in [0.15, 0.2) is 0 Å². The minimum atomic E-state index is 0.854. The van der Waals surface area contributed by atoms with E-state index in [1.807, 2.05) is 36.5 Å². The summed E-state index contributed by atoms with van der Waals surface area (Å²) in [6.07, 6.45) is 6.76. The fraction of sp³-hybridized carbons (Fsp3) is 0.0741. The van der Waals surface area contributed by atoms with Crippen LogP contribution in [0.5, 0.6) is 0 Å². The number of aromatic amines is 2. The number of hydrogen-bond donors (Lipinski definition) is 2. The first-order chi connectivity index (χ1) is 15.7. The maximum Gasteiger partial charge on any atom is 0.0755 e. The monoisotopic (exact) mass is 415 g/mol. The van der Waals surface area contributed by atoms with Crippen LogP contribution in [0.3, 0.4) is 0 Å². The second-order valence-electron chi connectivity index (χ2n) is 7.91. The molecule has 0 radical (unpaired) electrons. The van der Waals surface area contributed by atoms with Gasteiger partial charge in [-0.2, -0.15) is 0 Å². The highest BCUT2D eigenvalue weighted by atomic mass is 14.8. The van der Waals surface area contributed by atoms with Crippen LogP contribution in [0.2, 0.25) is 0 Å². The minimum Gasteiger partial charge on any atom is -0.355 e. The zero-order chi connectivity index (χ0) is 21.5. The summed E-state index contributed by atoms with van der Waals surface area (Å²) in [7, 11) is 0. The van der Waals surface area contributed by atoms with Gasteiger partial charge in [-0.05, 0) is 84.8 Å². The molecule has 0 saturated heterocycles. The Balaban J connectivity index is 1.70. The Hall–Kier alpha value is -4.25. The number of allylic oxidation sites excluding steroid dienone is 1. The van der Waals surface area contributed by atoms with Crippen LogP contribution >= 0.6 is 0 Å². The molecule has 6 rings (SSSR count). The van der Waals surface area contributed by atoms with Crippen LogP contribution in [-0.2, 0) is 0 Å². The highest BCUT2D eigenvalue weighted by molar-refractivity contribution is 5.99. The molecule has 2 N–H and O–H groups in total. The summed E-state index contributed by atoms with van der Waals surface area (Å²) in [6, 6.07) is 22.6. The Morgan fingerprint density at radius 1 is 0.656 bits per heavy atom. The molecule has 4 aromatic heterocycles. The van der Waals surface area contributed by atoms with E-state index in [1.165, 1.54) is 5.57 Å². The van der Waals surface area contributed by atoms with Crippen molar-refractivity contribution in [1.29, 1.82) is 0 Å². The van der Waals surface area contributed by atoms with E-state index in [9.17, 15) is 0 Å². The lowest BCUT2D eigenvalue weighted by atomic mass is 9.99. The molecule has 0 unspecified atom stereocenters. The van der Waals surface area contributed by atoms with Crippen LogP contribution in [0.25, 0.3) is 45.4 Å². The van der Waals surface area contributed by atoms with E-state index in [2.05, 4.69) is 70.4 Å². The van der Waals surface area contributed by atoms with Crippen molar-refractivity contribution in [3.05, 3.63) is 101 Å². The van der Waals surface area contributed by atoms with Gasteiger partial charge >= 0.3 is 0 Å². The second-order valence-corrected chi connectivity index (χ2v) is 7.91. The molecule has 0 spiro atoms. The van der Waals surface area contributed by atoms with Gasteiger partial charge < -0.3 is 9.97 Å². The molecular weight excluding hydrogens is 394 g/mol. The summed E-state index contributed by atoms with van der Waals surface area (Å²) >= 11 is 0. The molecule has 5 heteroatoms. The van der Waals surface area contributed by atoms with E-state index in [1.54, 1.807) is 0 Å². The summed E-state index contributed by atoms with van der Waals surface area (Å²) in [6.45, 7) is 2.16. The van der Waals surface area contributed by atoms with E-state index in [4.69, 9.17) is 9.97 Å². The van der Waals surface area contributed by atoms with E-state index >= 15 is 0 Å². The first-order valence-corrected chi connectivity index (χ1v) is 10.8. The van der Waals surface area contributed by atoms with Gasteiger partial charge in [0, 0.05) is 33.8 Å². The Bertz CT molecular complexity index is 1550. The molecule has 2 aliphatic rings. The maximum atomic E-state index is 5.03. The number of H-pyrrole nitrogens is 2. The zero-order valence-electron chi connectivity index (χ0n) is 17.6. The van der Waals surface area contributed by atoms with E-state index in [0.29, 0.717) is 0 Å². The Labute approximate surface area is 185 Å². The average molecular weight is 416 g/mol. The lowest BCUT2D eigenvalue weighted by Gasteiger charge is -2.05. The predicted molar refractivity (Wildman–Crippen MR) is 130 cm³/mol. The first kappa shape index (κ1) is 18.5. The Kier molecular flexibility index (Phi) is 4.32. The number of rotatable bonds is 2. The van der Waals surface area contributed by atoms with Gasteiger partial charge in [0.25, 0.3) is 0 Å². The van der Waals surface area contributed by atoms with Crippen molar-refractivity contribution >= 4 is 45.4 Å². The minimum absolute atomic E-state index is 0.854. The van der Waals surface area contributed by atoms with Crippen molar-refractivity contribution in [2.75, 3.05) is 0 Å². The molecule has 0 fully saturated rings. The standard InChI is InChI=1S/C27H21N5/c1-2-23-25-15-21-10-8-19(30-21)13-17-6-7-18(29-17)14-20-9-11-22(31-20)16-26(32-25)27(23)24-5-3-4-12-28-24/h3-16,29,31H,2H2,1H3. The van der Waals surface area contributed by atoms with Crippen LogP contribution in [0.1, 0.15) is 41.8 Å². The third kappa shape index (κ3) is 3.34. The lowest BCUT2D eigenvalue weighted by Crippen LogP contribution is -1.91. The van der Waals surface area contributed by atoms with Gasteiger partial charge in [-0.1, -0.05) is 13.0 Å². The fourth-order valence-electron chi connectivity index (χ4n) is 4.28. The highest BCUT2D eigenvalue weighted by Crippen LogP contribution is 2.36. The van der Waals surface area contributed by atoms with Gasteiger partial charge in [-0.3, -0.25) is 4.98 Å². The van der Waals surface area contributed by atoms with Crippen molar-refractivity contribution in [3.8, 4) is 0 Å². The van der Waals surface area contributed by atoms with Crippen molar-refractivity contribution in [3.63, 3.8) is 0 Å². The van der Waals surface area contributed by atoms with Gasteiger partial charge in [0.05, 0.1) is 28.5 Å². The molecule has 0 aliphatic carbocycles. The molecule has 154 valence electrons. The van der Waals surface area contributed by atoms with Crippen LogP contribution in [-0.4, -0.2) is 24.9 Å². The Morgan fingerprint density at radius 3 is 2.03 bits per heavy atom. The summed E-state index contributed by atoms with van der Waals surface area (Å²) < 4.78 is 0. The summed E-state index contributed by atoms with van der Waals surface area (Å²) in [5.74, 6) is 0. The number of aromatic nitrogens is 5. The predicted octanol–water partition coefficient (Wildman–Crippen LogP) is 6.25. The molecule has 0 amide bonds. The molecule has 6 heterocycles. The largest absolute Gasteiger partial charge is 0.355 e. The highest BCUT2D eigenvalue weighted by Gasteiger charge is 2.21. The first-order valence-electron chi connectivity index (χ1n) is 10.8. The number of pyridine rings is 1. The van der Waals surface area contributed by atoms with Gasteiger partial charge in [-0.25, -0.2) is 9.97 Å². The maximum absolute atomic E-state index is 5.03. The smallest absolute Gasteiger partial charge is 0.0755 e. The van der Waals surface area contributed by atoms with Crippen molar-refractivity contribution in [2.45, 2.75) is 13.3 Å². The van der Waals surface area contributed by atoms with Crippen LogP contribution in [0, 0.1) is 0 Å². The van der Waals surface area contributed by atoms with Crippen molar-refractivity contribution in [2.24, 2.45) is 0 Å². The van der Waals surface area contributed by atoms with E-state index in [-0.39, 0.29) is 0 Å². The van der Waals surface area contributed by atoms with Gasteiger partial charge in [0.2, 0.25) is 0 Å². The molecule has 5 nitrogen and oxygen atoms in total. The van der Waals surface area contributed by atoms with Crippen LogP contribution < -0.4 is 0 Å². The number of nitrogens with one attached hydrogen (secondary N) is 2. The molecular formula is C27H21N5. The second kappa shape index (κ2) is 7.46. The summed E-state index contributed by atoms with van der Waals surface area (Å²) in [4.78, 5) is 21.4. The molecule has 2 aliphatic heterocycles. The SMILES string of the molecule is CCC1=C(c2ccccn2)c2cc3ccc(cc4ccc(cc5nc(cc1n2)C=C5)[nH]4)[nH]3. The number of fused-ring (bicyclic) bond motifs is 8. The topological polar surface area (TPSA) is 70.2 Å². The summed E-state index contributed by atoms with van der Waals surface area (Å²) in [5.41, 5.74) is 10.9. The number of hydrogen-bond acceptors (Lipinski definition) is 3. The average Bonchev–Trinajstić information content (AvgIpc) is 3.58. The quantitative estimate of drug-likeness (QED) is 0.358. The van der Waals surface area contributed by atoms with Crippen molar-refractivity contribution < 1.29 is 0 Å². The molecule has 0 atom stereocenters. The molecule has 4 aromatic rings. The van der Waals surface area contributed by atoms with Crippen LogP contribution in [0.4, 0.5) is 0 Å². The molecule has 32 heavy (non-hydrogen) atoms. The third-order valence-electron chi connectivity index (χ3n) is 5.72. The van der Waals surface area contributed by atoms with E-state index < -0.39 is 0 Å². The Morgan fingerprint density at radius 2 is 1.34 bits per heavy atom. The van der Waals surface area contributed by atoms with Gasteiger partial charge in [-0.15, -0.1) is 0 Å². The van der Waals surface area contributed by atoms with Crippen LogP contribution in [0.15, 0.2) is 72.9 Å².